The molecule has 0 saturated heterocycles. The molecular formula is C16H33NO. The van der Waals surface area contributed by atoms with Gasteiger partial charge >= 0.3 is 0 Å². The van der Waals surface area contributed by atoms with E-state index in [1.165, 1.54) is 32.1 Å². The van der Waals surface area contributed by atoms with Gasteiger partial charge in [-0.3, -0.25) is 0 Å². The van der Waals surface area contributed by atoms with Crippen molar-refractivity contribution in [3.05, 3.63) is 0 Å². The first-order valence-electron chi connectivity index (χ1n) is 7.85. The van der Waals surface area contributed by atoms with Crippen LogP contribution in [0.25, 0.3) is 0 Å². The van der Waals surface area contributed by atoms with E-state index in [4.69, 9.17) is 4.74 Å². The molecule has 0 aromatic carbocycles. The standard InChI is InChI=1S/C16H33NO/c1-6-17-14(13-11-9-8-10-12-13)15(18-7-2)16(3,4)5/h13-15,17H,6-12H2,1-5H3. The Bertz CT molecular complexity index is 216. The first-order valence-corrected chi connectivity index (χ1v) is 7.85. The third-order valence-electron chi connectivity index (χ3n) is 4.12. The van der Waals surface area contributed by atoms with Crippen LogP contribution in [0.5, 0.6) is 0 Å². The maximum absolute atomic E-state index is 6.11. The second-order valence-electron chi connectivity index (χ2n) is 6.72. The summed E-state index contributed by atoms with van der Waals surface area (Å²) in [5.41, 5.74) is 0.209. The molecule has 0 heterocycles. The van der Waals surface area contributed by atoms with Crippen LogP contribution in [0.4, 0.5) is 0 Å². The molecule has 0 bridgehead atoms. The molecule has 1 fully saturated rings. The van der Waals surface area contributed by atoms with E-state index in [1.807, 2.05) is 0 Å². The summed E-state index contributed by atoms with van der Waals surface area (Å²) >= 11 is 0. The van der Waals surface area contributed by atoms with Gasteiger partial charge < -0.3 is 10.1 Å². The van der Waals surface area contributed by atoms with Crippen molar-refractivity contribution in [3.8, 4) is 0 Å². The van der Waals surface area contributed by atoms with Crippen molar-refractivity contribution in [2.45, 2.75) is 78.9 Å². The van der Waals surface area contributed by atoms with Gasteiger partial charge in [0.1, 0.15) is 0 Å². The summed E-state index contributed by atoms with van der Waals surface area (Å²) in [4.78, 5) is 0. The molecule has 0 radical (unpaired) electrons. The average Bonchev–Trinajstić information content (AvgIpc) is 2.33. The minimum absolute atomic E-state index is 0.209. The number of hydrogen-bond acceptors (Lipinski definition) is 2. The lowest BCUT2D eigenvalue weighted by molar-refractivity contribution is -0.0522. The maximum Gasteiger partial charge on any atom is 0.0778 e. The van der Waals surface area contributed by atoms with Crippen LogP contribution in [0.2, 0.25) is 0 Å². The minimum atomic E-state index is 0.209. The first kappa shape index (κ1) is 16.0. The number of hydrogen-bond donors (Lipinski definition) is 1. The highest BCUT2D eigenvalue weighted by molar-refractivity contribution is 4.91. The average molecular weight is 255 g/mol. The van der Waals surface area contributed by atoms with Gasteiger partial charge in [0.2, 0.25) is 0 Å². The summed E-state index contributed by atoms with van der Waals surface area (Å²) in [6.07, 6.45) is 7.29. The molecule has 2 heteroatoms. The molecule has 1 saturated carbocycles. The van der Waals surface area contributed by atoms with E-state index in [2.05, 4.69) is 39.9 Å². The molecule has 2 unspecified atom stereocenters. The Morgan fingerprint density at radius 2 is 1.72 bits per heavy atom. The Kier molecular flexibility index (Phi) is 6.65. The van der Waals surface area contributed by atoms with Gasteiger partial charge in [-0.15, -0.1) is 0 Å². The van der Waals surface area contributed by atoms with E-state index in [-0.39, 0.29) is 5.41 Å². The molecule has 0 amide bonds. The van der Waals surface area contributed by atoms with Crippen LogP contribution in [-0.4, -0.2) is 25.3 Å². The molecule has 0 aromatic heterocycles. The van der Waals surface area contributed by atoms with E-state index in [0.29, 0.717) is 12.1 Å². The SMILES string of the molecule is CCNC(C1CCCCC1)C(OCC)C(C)(C)C. The van der Waals surface area contributed by atoms with E-state index in [9.17, 15) is 0 Å². The van der Waals surface area contributed by atoms with Crippen molar-refractivity contribution in [1.82, 2.24) is 5.32 Å². The number of nitrogens with one attached hydrogen (secondary N) is 1. The zero-order valence-electron chi connectivity index (χ0n) is 13.1. The molecule has 0 aromatic rings. The largest absolute Gasteiger partial charge is 0.376 e. The highest BCUT2D eigenvalue weighted by Gasteiger charge is 2.37. The van der Waals surface area contributed by atoms with Crippen molar-refractivity contribution in [2.24, 2.45) is 11.3 Å². The predicted octanol–water partition coefficient (Wildman–Crippen LogP) is 4.00. The van der Waals surface area contributed by atoms with Crippen molar-refractivity contribution in [2.75, 3.05) is 13.2 Å². The molecule has 0 aliphatic heterocycles. The monoisotopic (exact) mass is 255 g/mol. The third-order valence-corrected chi connectivity index (χ3v) is 4.12. The molecule has 2 atom stereocenters. The molecule has 18 heavy (non-hydrogen) atoms. The van der Waals surface area contributed by atoms with Gasteiger partial charge in [0.25, 0.3) is 0 Å². The van der Waals surface area contributed by atoms with Crippen LogP contribution in [0.15, 0.2) is 0 Å². The summed E-state index contributed by atoms with van der Waals surface area (Å²) in [5.74, 6) is 0.800. The zero-order chi connectivity index (χ0) is 13.6. The molecule has 2 nitrogen and oxygen atoms in total. The van der Waals surface area contributed by atoms with Gasteiger partial charge in [0.15, 0.2) is 0 Å². The van der Waals surface area contributed by atoms with E-state index in [1.54, 1.807) is 0 Å². The highest BCUT2D eigenvalue weighted by atomic mass is 16.5. The molecular weight excluding hydrogens is 222 g/mol. The van der Waals surface area contributed by atoms with E-state index >= 15 is 0 Å². The quantitative estimate of drug-likeness (QED) is 0.774. The van der Waals surface area contributed by atoms with Crippen molar-refractivity contribution in [3.63, 3.8) is 0 Å². The van der Waals surface area contributed by atoms with Gasteiger partial charge in [-0.05, 0) is 37.6 Å². The first-order chi connectivity index (χ1) is 8.50. The van der Waals surface area contributed by atoms with Crippen LogP contribution in [0.1, 0.15) is 66.7 Å². The third kappa shape index (κ3) is 4.55. The van der Waals surface area contributed by atoms with Gasteiger partial charge in [-0.2, -0.15) is 0 Å². The Morgan fingerprint density at radius 3 is 2.17 bits per heavy atom. The van der Waals surface area contributed by atoms with Crippen LogP contribution in [0, 0.1) is 11.3 Å². The summed E-state index contributed by atoms with van der Waals surface area (Å²) < 4.78 is 6.11. The lowest BCUT2D eigenvalue weighted by Gasteiger charge is -2.42. The van der Waals surface area contributed by atoms with Crippen molar-refractivity contribution in [1.29, 1.82) is 0 Å². The molecule has 1 aliphatic carbocycles. The molecule has 108 valence electrons. The molecule has 1 rings (SSSR count). The number of rotatable bonds is 6. The summed E-state index contributed by atoms with van der Waals surface area (Å²) in [7, 11) is 0. The number of ether oxygens (including phenoxy) is 1. The fourth-order valence-corrected chi connectivity index (χ4v) is 3.32. The van der Waals surface area contributed by atoms with E-state index in [0.717, 1.165) is 19.1 Å². The lowest BCUT2D eigenvalue weighted by atomic mass is 9.75. The summed E-state index contributed by atoms with van der Waals surface area (Å²) in [5, 5.41) is 3.72. The summed E-state index contributed by atoms with van der Waals surface area (Å²) in [6.45, 7) is 13.1. The van der Waals surface area contributed by atoms with Crippen molar-refractivity contribution < 1.29 is 4.74 Å². The van der Waals surface area contributed by atoms with Crippen LogP contribution in [-0.2, 0) is 4.74 Å². The molecule has 1 aliphatic rings. The number of likely N-dealkylation sites (N-methyl/N-ethyl adjacent to an activating group) is 1. The Labute approximate surface area is 114 Å². The van der Waals surface area contributed by atoms with Gasteiger partial charge in [0.05, 0.1) is 6.10 Å². The van der Waals surface area contributed by atoms with Gasteiger partial charge in [0, 0.05) is 12.6 Å². The summed E-state index contributed by atoms with van der Waals surface area (Å²) in [6, 6.07) is 0.523. The van der Waals surface area contributed by atoms with Crippen molar-refractivity contribution >= 4 is 0 Å². The zero-order valence-corrected chi connectivity index (χ0v) is 13.1. The van der Waals surface area contributed by atoms with E-state index < -0.39 is 0 Å². The minimum Gasteiger partial charge on any atom is -0.376 e. The van der Waals surface area contributed by atoms with Crippen LogP contribution < -0.4 is 5.32 Å². The van der Waals surface area contributed by atoms with Crippen LogP contribution in [0.3, 0.4) is 0 Å². The maximum atomic E-state index is 6.11. The smallest absolute Gasteiger partial charge is 0.0778 e. The fourth-order valence-electron chi connectivity index (χ4n) is 3.32. The predicted molar refractivity (Wildman–Crippen MR) is 78.9 cm³/mol. The second-order valence-corrected chi connectivity index (χ2v) is 6.72. The fraction of sp³-hybridized carbons (Fsp3) is 1.00. The van der Waals surface area contributed by atoms with Gasteiger partial charge in [-0.1, -0.05) is 47.0 Å². The normalized spacial score (nSPS) is 21.8. The van der Waals surface area contributed by atoms with Gasteiger partial charge in [-0.25, -0.2) is 0 Å². The topological polar surface area (TPSA) is 21.3 Å². The lowest BCUT2D eigenvalue weighted by Crippen LogP contribution is -2.52. The van der Waals surface area contributed by atoms with Crippen LogP contribution >= 0.6 is 0 Å². The second kappa shape index (κ2) is 7.49. The highest BCUT2D eigenvalue weighted by Crippen LogP contribution is 2.34. The Hall–Kier alpha value is -0.0800. The Morgan fingerprint density at radius 1 is 1.11 bits per heavy atom. The Balaban J connectivity index is 2.77. The molecule has 1 N–H and O–H groups in total. The molecule has 0 spiro atoms.